The van der Waals surface area contributed by atoms with Crippen LogP contribution in [0.25, 0.3) is 0 Å². The monoisotopic (exact) mass is 360 g/mol. The fourth-order valence-corrected chi connectivity index (χ4v) is 2.92. The van der Waals surface area contributed by atoms with Crippen molar-refractivity contribution in [2.45, 2.75) is 44.3 Å². The lowest BCUT2D eigenvalue weighted by Gasteiger charge is -2.30. The number of hydrogen-bond acceptors (Lipinski definition) is 5. The van der Waals surface area contributed by atoms with Gasteiger partial charge in [-0.1, -0.05) is 0 Å². The largest absolute Gasteiger partial charge is 0.465 e. The molecule has 112 valence electrons. The minimum atomic E-state index is -0.719. The van der Waals surface area contributed by atoms with Gasteiger partial charge in [-0.25, -0.2) is 4.98 Å². The second-order valence-electron chi connectivity index (χ2n) is 4.95. The molecule has 0 spiro atoms. The molecule has 0 fully saturated rings. The zero-order valence-corrected chi connectivity index (χ0v) is 14.7. The summed E-state index contributed by atoms with van der Waals surface area (Å²) in [6.45, 7) is 8.10. The molecule has 1 aromatic heterocycles. The zero-order valence-electron chi connectivity index (χ0n) is 12.3. The molecule has 0 aliphatic heterocycles. The van der Waals surface area contributed by atoms with Crippen LogP contribution in [0.4, 0.5) is 0 Å². The summed E-state index contributed by atoms with van der Waals surface area (Å²) >= 11 is 4.89. The van der Waals surface area contributed by atoms with E-state index in [0.717, 1.165) is 9.50 Å². The molecule has 1 atom stereocenters. The molecule has 6 heteroatoms. The number of rotatable bonds is 7. The molecule has 0 aliphatic rings. The van der Waals surface area contributed by atoms with Crippen molar-refractivity contribution in [1.82, 2.24) is 10.3 Å². The molecule has 0 radical (unpaired) electrons. The van der Waals surface area contributed by atoms with Gasteiger partial charge in [-0.2, -0.15) is 0 Å². The number of aromatic nitrogens is 1. The van der Waals surface area contributed by atoms with Gasteiger partial charge >= 0.3 is 5.97 Å². The van der Waals surface area contributed by atoms with Gasteiger partial charge in [0.2, 0.25) is 0 Å². The molecule has 1 unspecified atom stereocenters. The number of hydrogen-bond donors (Lipinski definition) is 1. The van der Waals surface area contributed by atoms with Crippen molar-refractivity contribution in [3.63, 3.8) is 0 Å². The molecular weight excluding hydrogens is 340 g/mol. The second-order valence-corrected chi connectivity index (χ2v) is 6.87. The highest BCUT2D eigenvalue weighted by molar-refractivity contribution is 9.10. The van der Waals surface area contributed by atoms with E-state index in [1.807, 2.05) is 39.8 Å². The summed E-state index contributed by atoms with van der Waals surface area (Å²) < 4.78 is 6.11. The SMILES string of the molecule is CCOC(=O)C(C)(CSc1ccc(Br)cn1)NC(C)C. The third-order valence-corrected chi connectivity index (χ3v) is 4.27. The maximum absolute atomic E-state index is 12.1. The van der Waals surface area contributed by atoms with Crippen LogP contribution < -0.4 is 5.32 Å². The van der Waals surface area contributed by atoms with Gasteiger partial charge in [0.25, 0.3) is 0 Å². The number of halogens is 1. The molecule has 0 amide bonds. The molecule has 0 saturated heterocycles. The van der Waals surface area contributed by atoms with Gasteiger partial charge in [0.1, 0.15) is 5.54 Å². The number of carbonyl (C=O) groups is 1. The number of pyridine rings is 1. The molecule has 0 aromatic carbocycles. The van der Waals surface area contributed by atoms with E-state index in [0.29, 0.717) is 12.4 Å². The number of carbonyl (C=O) groups excluding carboxylic acids is 1. The standard InChI is InChI=1S/C14H21BrN2O2S/c1-5-19-13(18)14(4,17-10(2)3)9-20-12-7-6-11(15)8-16-12/h6-8,10,17H,5,9H2,1-4H3. The molecular formula is C14H21BrN2O2S. The first-order valence-electron chi connectivity index (χ1n) is 6.56. The van der Waals surface area contributed by atoms with E-state index in [1.54, 1.807) is 6.20 Å². The highest BCUT2D eigenvalue weighted by atomic mass is 79.9. The van der Waals surface area contributed by atoms with Gasteiger partial charge in [-0.15, -0.1) is 11.8 Å². The molecule has 20 heavy (non-hydrogen) atoms. The molecule has 0 aliphatic carbocycles. The normalized spacial score (nSPS) is 14.1. The fraction of sp³-hybridized carbons (Fsp3) is 0.571. The van der Waals surface area contributed by atoms with Crippen LogP contribution in [0.3, 0.4) is 0 Å². The summed E-state index contributed by atoms with van der Waals surface area (Å²) in [4.78, 5) is 16.5. The van der Waals surface area contributed by atoms with Crippen LogP contribution >= 0.6 is 27.7 Å². The Kier molecular flexibility index (Phi) is 6.99. The van der Waals surface area contributed by atoms with Crippen molar-refractivity contribution < 1.29 is 9.53 Å². The molecule has 1 aromatic rings. The Labute approximate surface area is 133 Å². The third-order valence-electron chi connectivity index (χ3n) is 2.54. The van der Waals surface area contributed by atoms with Gasteiger partial charge in [-0.3, -0.25) is 10.1 Å². The van der Waals surface area contributed by atoms with Crippen LogP contribution in [0.1, 0.15) is 27.7 Å². The maximum Gasteiger partial charge on any atom is 0.326 e. The Morgan fingerprint density at radius 2 is 2.25 bits per heavy atom. The smallest absolute Gasteiger partial charge is 0.326 e. The van der Waals surface area contributed by atoms with Crippen molar-refractivity contribution in [3.05, 3.63) is 22.8 Å². The molecule has 4 nitrogen and oxygen atoms in total. The summed E-state index contributed by atoms with van der Waals surface area (Å²) in [7, 11) is 0. The Morgan fingerprint density at radius 1 is 1.55 bits per heavy atom. The first-order valence-corrected chi connectivity index (χ1v) is 8.34. The van der Waals surface area contributed by atoms with Crippen LogP contribution in [0.2, 0.25) is 0 Å². The highest BCUT2D eigenvalue weighted by Gasteiger charge is 2.35. The Bertz CT molecular complexity index is 439. The zero-order chi connectivity index (χ0) is 15.2. The predicted octanol–water partition coefficient (Wildman–Crippen LogP) is 3.26. The van der Waals surface area contributed by atoms with Crippen molar-refractivity contribution in [2.75, 3.05) is 12.4 Å². The maximum atomic E-state index is 12.1. The van der Waals surface area contributed by atoms with E-state index in [2.05, 4.69) is 26.2 Å². The average molecular weight is 361 g/mol. The Hall–Kier alpha value is -0.590. The second kappa shape index (κ2) is 8.00. The molecule has 0 bridgehead atoms. The van der Waals surface area contributed by atoms with Gasteiger partial charge in [0.05, 0.1) is 11.6 Å². The average Bonchev–Trinajstić information content (AvgIpc) is 2.37. The van der Waals surface area contributed by atoms with Crippen LogP contribution in [0.15, 0.2) is 27.8 Å². The van der Waals surface area contributed by atoms with Crippen LogP contribution in [0.5, 0.6) is 0 Å². The van der Waals surface area contributed by atoms with Crippen LogP contribution in [-0.2, 0) is 9.53 Å². The molecule has 0 saturated carbocycles. The lowest BCUT2D eigenvalue weighted by atomic mass is 10.0. The number of ether oxygens (including phenoxy) is 1. The first kappa shape index (κ1) is 17.5. The Morgan fingerprint density at radius 3 is 2.75 bits per heavy atom. The summed E-state index contributed by atoms with van der Waals surface area (Å²) in [5.41, 5.74) is -0.719. The minimum Gasteiger partial charge on any atom is -0.465 e. The van der Waals surface area contributed by atoms with E-state index in [1.165, 1.54) is 11.8 Å². The quantitative estimate of drug-likeness (QED) is 0.597. The van der Waals surface area contributed by atoms with Crippen molar-refractivity contribution in [2.24, 2.45) is 0 Å². The fourth-order valence-electron chi connectivity index (χ4n) is 1.75. The van der Waals surface area contributed by atoms with Crippen molar-refractivity contribution in [3.8, 4) is 0 Å². The summed E-state index contributed by atoms with van der Waals surface area (Å²) in [6, 6.07) is 4.06. The van der Waals surface area contributed by atoms with Crippen LogP contribution in [-0.4, -0.2) is 34.9 Å². The number of nitrogens with zero attached hydrogens (tertiary/aromatic N) is 1. The van der Waals surface area contributed by atoms with E-state index in [4.69, 9.17) is 4.74 Å². The van der Waals surface area contributed by atoms with E-state index >= 15 is 0 Å². The van der Waals surface area contributed by atoms with Gasteiger partial charge in [0, 0.05) is 22.5 Å². The Balaban J connectivity index is 2.73. The third kappa shape index (κ3) is 5.42. The minimum absolute atomic E-state index is 0.197. The number of esters is 1. The highest BCUT2D eigenvalue weighted by Crippen LogP contribution is 2.23. The van der Waals surface area contributed by atoms with E-state index in [-0.39, 0.29) is 12.0 Å². The van der Waals surface area contributed by atoms with Gasteiger partial charge in [0.15, 0.2) is 0 Å². The van der Waals surface area contributed by atoms with Gasteiger partial charge < -0.3 is 4.74 Å². The molecule has 1 N–H and O–H groups in total. The van der Waals surface area contributed by atoms with E-state index in [9.17, 15) is 4.79 Å². The first-order chi connectivity index (χ1) is 9.37. The van der Waals surface area contributed by atoms with Crippen molar-refractivity contribution >= 4 is 33.7 Å². The summed E-state index contributed by atoms with van der Waals surface area (Å²) in [6.07, 6.45) is 1.75. The lowest BCUT2D eigenvalue weighted by molar-refractivity contribution is -0.149. The topological polar surface area (TPSA) is 51.2 Å². The van der Waals surface area contributed by atoms with Crippen LogP contribution in [0, 0.1) is 0 Å². The van der Waals surface area contributed by atoms with Crippen molar-refractivity contribution in [1.29, 1.82) is 0 Å². The number of thioether (sulfide) groups is 1. The van der Waals surface area contributed by atoms with E-state index < -0.39 is 5.54 Å². The molecule has 1 rings (SSSR count). The van der Waals surface area contributed by atoms with Gasteiger partial charge in [-0.05, 0) is 55.8 Å². The molecule has 1 heterocycles. The predicted molar refractivity (Wildman–Crippen MR) is 86.0 cm³/mol. The lowest BCUT2D eigenvalue weighted by Crippen LogP contribution is -2.55. The summed E-state index contributed by atoms with van der Waals surface area (Å²) in [5, 5.41) is 4.17. The summed E-state index contributed by atoms with van der Waals surface area (Å²) in [5.74, 6) is 0.344. The number of nitrogens with one attached hydrogen (secondary N) is 1.